The molecule has 0 aliphatic heterocycles. The highest BCUT2D eigenvalue weighted by molar-refractivity contribution is 14.0. The number of benzene rings is 1. The molecule has 0 spiro atoms. The van der Waals surface area contributed by atoms with Crippen molar-refractivity contribution in [3.63, 3.8) is 0 Å². The molecule has 1 atom stereocenters. The second-order valence-electron chi connectivity index (χ2n) is 4.93. The molecule has 0 saturated carbocycles. The van der Waals surface area contributed by atoms with Gasteiger partial charge >= 0.3 is 0 Å². The van der Waals surface area contributed by atoms with Crippen LogP contribution in [0.3, 0.4) is 0 Å². The lowest BCUT2D eigenvalue weighted by Gasteiger charge is -2.18. The van der Waals surface area contributed by atoms with Crippen LogP contribution < -0.4 is 15.4 Å². The highest BCUT2D eigenvalue weighted by atomic mass is 127. The highest BCUT2D eigenvalue weighted by Crippen LogP contribution is 2.17. The summed E-state index contributed by atoms with van der Waals surface area (Å²) in [6, 6.07) is 8.05. The maximum atomic E-state index is 5.93. The summed E-state index contributed by atoms with van der Waals surface area (Å²) in [5, 5.41) is 6.54. The molecule has 0 aliphatic rings. The molecule has 0 fully saturated rings. The first-order valence-electron chi connectivity index (χ1n) is 7.45. The van der Waals surface area contributed by atoms with E-state index in [1.165, 1.54) is 0 Å². The number of aryl methyl sites for hydroxylation is 1. The predicted octanol–water partition coefficient (Wildman–Crippen LogP) is 3.51. The van der Waals surface area contributed by atoms with Gasteiger partial charge in [0.2, 0.25) is 0 Å². The normalized spacial score (nSPS) is 12.6. The van der Waals surface area contributed by atoms with E-state index in [1.807, 2.05) is 32.0 Å². The van der Waals surface area contributed by atoms with Crippen LogP contribution in [0.25, 0.3) is 0 Å². The number of hydrogen-bond donors (Lipinski definition) is 2. The van der Waals surface area contributed by atoms with Crippen molar-refractivity contribution >= 4 is 29.9 Å². The van der Waals surface area contributed by atoms with E-state index < -0.39 is 0 Å². The van der Waals surface area contributed by atoms with Crippen molar-refractivity contribution in [1.82, 2.24) is 10.6 Å². The van der Waals surface area contributed by atoms with Gasteiger partial charge in [0.1, 0.15) is 11.9 Å². The second kappa shape index (κ2) is 12.3. The van der Waals surface area contributed by atoms with Crippen molar-refractivity contribution in [2.45, 2.75) is 33.3 Å². The van der Waals surface area contributed by atoms with E-state index in [0.717, 1.165) is 30.2 Å². The van der Waals surface area contributed by atoms with Crippen LogP contribution in [0.15, 0.2) is 41.4 Å². The largest absolute Gasteiger partial charge is 0.489 e. The smallest absolute Gasteiger partial charge is 0.191 e. The lowest BCUT2D eigenvalue weighted by molar-refractivity contribution is 0.222. The molecular weight excluding hydrogens is 389 g/mol. The summed E-state index contributed by atoms with van der Waals surface area (Å²) in [6.45, 7) is 7.70. The Balaban J connectivity index is 0.00000441. The minimum absolute atomic E-state index is 0. The molecule has 0 amide bonds. The zero-order valence-electron chi connectivity index (χ0n) is 13.9. The number of aliphatic imine (C=N–C) groups is 1. The van der Waals surface area contributed by atoms with Gasteiger partial charge in [0.25, 0.3) is 0 Å². The average molecular weight is 417 g/mol. The first-order chi connectivity index (χ1) is 10.2. The molecule has 1 aromatic carbocycles. The third-order valence-electron chi connectivity index (χ3n) is 3.04. The number of ether oxygens (including phenoxy) is 1. The zero-order chi connectivity index (χ0) is 15.5. The molecular formula is C17H28IN3O. The molecule has 22 heavy (non-hydrogen) atoms. The molecule has 1 unspecified atom stereocenters. The maximum Gasteiger partial charge on any atom is 0.191 e. The number of nitrogens with zero attached hydrogens (tertiary/aromatic N) is 1. The predicted molar refractivity (Wildman–Crippen MR) is 105 cm³/mol. The Morgan fingerprint density at radius 2 is 2.05 bits per heavy atom. The fraction of sp³-hybridized carbons (Fsp3) is 0.471. The quantitative estimate of drug-likeness (QED) is 0.235. The van der Waals surface area contributed by atoms with Crippen molar-refractivity contribution in [3.8, 4) is 5.75 Å². The Morgan fingerprint density at radius 3 is 2.68 bits per heavy atom. The van der Waals surface area contributed by atoms with Gasteiger partial charge in [-0.2, -0.15) is 0 Å². The van der Waals surface area contributed by atoms with E-state index in [9.17, 15) is 0 Å². The number of rotatable bonds is 7. The summed E-state index contributed by atoms with van der Waals surface area (Å²) in [4.78, 5) is 4.20. The molecule has 0 aromatic heterocycles. The van der Waals surface area contributed by atoms with Crippen LogP contribution in [0, 0.1) is 6.92 Å². The summed E-state index contributed by atoms with van der Waals surface area (Å²) < 4.78 is 5.93. The molecule has 0 bridgehead atoms. The number of guanidine groups is 1. The maximum absolute atomic E-state index is 5.93. The van der Waals surface area contributed by atoms with Crippen LogP contribution in [-0.4, -0.2) is 32.2 Å². The molecule has 1 rings (SSSR count). The van der Waals surface area contributed by atoms with Crippen LogP contribution in [-0.2, 0) is 0 Å². The van der Waals surface area contributed by atoms with Gasteiger partial charge in [0.15, 0.2) is 5.96 Å². The summed E-state index contributed by atoms with van der Waals surface area (Å²) >= 11 is 0. The van der Waals surface area contributed by atoms with Gasteiger partial charge in [0, 0.05) is 13.6 Å². The third-order valence-corrected chi connectivity index (χ3v) is 3.04. The Labute approximate surface area is 151 Å². The molecule has 5 heteroatoms. The Bertz CT molecular complexity index is 475. The SMILES string of the molecule is C/C=C/CCNC(=NC)NCC(C)Oc1ccccc1C.I. The van der Waals surface area contributed by atoms with Crippen molar-refractivity contribution in [3.05, 3.63) is 42.0 Å². The number of halogens is 1. The van der Waals surface area contributed by atoms with Crippen LogP contribution in [0.4, 0.5) is 0 Å². The summed E-state index contributed by atoms with van der Waals surface area (Å²) in [5.74, 6) is 1.74. The number of allylic oxidation sites excluding steroid dienone is 1. The second-order valence-corrected chi connectivity index (χ2v) is 4.93. The van der Waals surface area contributed by atoms with Crippen LogP contribution in [0.5, 0.6) is 5.75 Å². The summed E-state index contributed by atoms with van der Waals surface area (Å²) in [6.07, 6.45) is 5.24. The third kappa shape index (κ3) is 8.26. The van der Waals surface area contributed by atoms with Crippen LogP contribution in [0.2, 0.25) is 0 Å². The fourth-order valence-corrected chi connectivity index (χ4v) is 1.85. The van der Waals surface area contributed by atoms with E-state index in [1.54, 1.807) is 7.05 Å². The van der Waals surface area contributed by atoms with Crippen LogP contribution in [0.1, 0.15) is 25.8 Å². The standard InChI is InChI=1S/C17H27N3O.HI/c1-5-6-9-12-19-17(18-4)20-13-15(3)21-16-11-8-7-10-14(16)2;/h5-8,10-11,15H,9,12-13H2,1-4H3,(H2,18,19,20);1H/b6-5+;. The number of hydrogen-bond acceptors (Lipinski definition) is 2. The number of nitrogens with one attached hydrogen (secondary N) is 2. The Morgan fingerprint density at radius 1 is 1.32 bits per heavy atom. The Hall–Kier alpha value is -1.24. The first-order valence-corrected chi connectivity index (χ1v) is 7.45. The van der Waals surface area contributed by atoms with E-state index in [4.69, 9.17) is 4.74 Å². The van der Waals surface area contributed by atoms with Crippen molar-refractivity contribution in [1.29, 1.82) is 0 Å². The summed E-state index contributed by atoms with van der Waals surface area (Å²) in [5.41, 5.74) is 1.15. The lowest BCUT2D eigenvalue weighted by atomic mass is 10.2. The van der Waals surface area contributed by atoms with Crippen molar-refractivity contribution in [2.24, 2.45) is 4.99 Å². The first kappa shape index (κ1) is 20.8. The van der Waals surface area contributed by atoms with Crippen molar-refractivity contribution < 1.29 is 4.74 Å². The van der Waals surface area contributed by atoms with E-state index in [2.05, 4.69) is 40.8 Å². The molecule has 0 aliphatic carbocycles. The molecule has 2 N–H and O–H groups in total. The molecule has 124 valence electrons. The molecule has 0 heterocycles. The molecule has 1 aromatic rings. The highest BCUT2D eigenvalue weighted by Gasteiger charge is 2.06. The molecule has 0 radical (unpaired) electrons. The van der Waals surface area contributed by atoms with Gasteiger partial charge in [-0.25, -0.2) is 0 Å². The van der Waals surface area contributed by atoms with E-state index >= 15 is 0 Å². The summed E-state index contributed by atoms with van der Waals surface area (Å²) in [7, 11) is 1.78. The van der Waals surface area contributed by atoms with Gasteiger partial charge < -0.3 is 15.4 Å². The minimum atomic E-state index is 0. The molecule has 0 saturated heterocycles. The van der Waals surface area contributed by atoms with Crippen molar-refractivity contribution in [2.75, 3.05) is 20.1 Å². The van der Waals surface area contributed by atoms with Crippen LogP contribution >= 0.6 is 24.0 Å². The average Bonchev–Trinajstić information content (AvgIpc) is 2.49. The zero-order valence-corrected chi connectivity index (χ0v) is 16.3. The number of para-hydroxylation sites is 1. The van der Waals surface area contributed by atoms with E-state index in [-0.39, 0.29) is 30.1 Å². The van der Waals surface area contributed by atoms with Gasteiger partial charge in [0.05, 0.1) is 6.54 Å². The van der Waals surface area contributed by atoms with Gasteiger partial charge in [-0.15, -0.1) is 24.0 Å². The van der Waals surface area contributed by atoms with E-state index in [0.29, 0.717) is 6.54 Å². The monoisotopic (exact) mass is 417 g/mol. The Kier molecular flexibility index (Phi) is 11.6. The topological polar surface area (TPSA) is 45.7 Å². The minimum Gasteiger partial charge on any atom is -0.489 e. The lowest BCUT2D eigenvalue weighted by Crippen LogP contribution is -2.42. The van der Waals surface area contributed by atoms with Gasteiger partial charge in [-0.05, 0) is 38.8 Å². The fourth-order valence-electron chi connectivity index (χ4n) is 1.85. The van der Waals surface area contributed by atoms with Gasteiger partial charge in [-0.3, -0.25) is 4.99 Å². The molecule has 4 nitrogen and oxygen atoms in total. The van der Waals surface area contributed by atoms with Gasteiger partial charge in [-0.1, -0.05) is 30.4 Å².